The number of primary amides is 1. The molecule has 0 aliphatic rings. The molecule has 0 atom stereocenters. The van der Waals surface area contributed by atoms with Gasteiger partial charge in [0.25, 0.3) is 0 Å². The molecule has 0 saturated carbocycles. The molecule has 0 rings (SSSR count). The Morgan fingerprint density at radius 3 is 0.925 bits per heavy atom. The van der Waals surface area contributed by atoms with Gasteiger partial charge in [-0.15, -0.1) is 0 Å². The average molecular weight is 760 g/mol. The highest BCUT2D eigenvalue weighted by molar-refractivity contribution is 5.76. The Labute approximate surface area is 329 Å². The van der Waals surface area contributed by atoms with Gasteiger partial charge >= 0.3 is 0 Å². The van der Waals surface area contributed by atoms with Crippen molar-refractivity contribution in [3.8, 4) is 0 Å². The minimum absolute atomic E-state index is 0.0371. The van der Waals surface area contributed by atoms with E-state index in [-0.39, 0.29) is 38.2 Å². The second-order valence-corrected chi connectivity index (χ2v) is 14.9. The number of aliphatic hydroxyl groups is 4. The topological polar surface area (TPSA) is 156 Å². The number of rotatable bonds is 40. The lowest BCUT2D eigenvalue weighted by Gasteiger charge is -2.20. The highest BCUT2D eigenvalue weighted by atomic mass is 16.3. The number of amides is 2. The van der Waals surface area contributed by atoms with E-state index in [4.69, 9.17) is 26.2 Å². The van der Waals surface area contributed by atoms with Gasteiger partial charge in [-0.05, 0) is 12.8 Å². The van der Waals surface area contributed by atoms with E-state index in [1.54, 1.807) is 4.90 Å². The first-order chi connectivity index (χ1) is 25.9. The van der Waals surface area contributed by atoms with Crippen molar-refractivity contribution >= 4 is 11.8 Å². The molecule has 0 aliphatic heterocycles. The van der Waals surface area contributed by atoms with Crippen LogP contribution >= 0.6 is 0 Å². The first-order valence-corrected chi connectivity index (χ1v) is 22.6. The van der Waals surface area contributed by atoms with Crippen LogP contribution in [0.2, 0.25) is 0 Å². The van der Waals surface area contributed by atoms with Crippen LogP contribution in [0.5, 0.6) is 0 Å². The van der Waals surface area contributed by atoms with Gasteiger partial charge in [-0.2, -0.15) is 0 Å². The van der Waals surface area contributed by atoms with Crippen LogP contribution in [0.1, 0.15) is 219 Å². The highest BCUT2D eigenvalue weighted by Crippen LogP contribution is 2.15. The van der Waals surface area contributed by atoms with Gasteiger partial charge in [-0.3, -0.25) is 9.59 Å². The lowest BCUT2D eigenvalue weighted by Crippen LogP contribution is -2.35. The molecule has 0 spiro atoms. The summed E-state index contributed by atoms with van der Waals surface area (Å²) in [6, 6.07) is 0. The van der Waals surface area contributed by atoms with Crippen LogP contribution in [-0.4, -0.2) is 89.7 Å². The molecule has 7 N–H and O–H groups in total. The Balaban J connectivity index is -0.000000816. The van der Waals surface area contributed by atoms with E-state index in [9.17, 15) is 9.59 Å². The number of nitrogens with zero attached hydrogens (tertiary/aromatic N) is 1. The Morgan fingerprint density at radius 2 is 0.679 bits per heavy atom. The molecule has 9 nitrogen and oxygen atoms in total. The van der Waals surface area contributed by atoms with E-state index in [2.05, 4.69) is 19.2 Å². The summed E-state index contributed by atoms with van der Waals surface area (Å²) in [6.45, 7) is 6.55. The van der Waals surface area contributed by atoms with Crippen molar-refractivity contribution in [3.05, 3.63) is 0 Å². The summed E-state index contributed by atoms with van der Waals surface area (Å²) in [5.74, 6) is -0.0949. The fourth-order valence-electron chi connectivity index (χ4n) is 6.36. The monoisotopic (exact) mass is 760 g/mol. The third-order valence-corrected chi connectivity index (χ3v) is 9.69. The summed E-state index contributed by atoms with van der Waals surface area (Å²) in [5.41, 5.74) is 5.11. The number of aliphatic hydroxyl groups excluding tert-OH is 4. The summed E-state index contributed by atoms with van der Waals surface area (Å²) < 4.78 is 0. The summed E-state index contributed by atoms with van der Waals surface area (Å²) >= 11 is 0. The molecule has 0 unspecified atom stereocenters. The molecule has 320 valence electrons. The SMILES string of the molecule is CCCCCCCCCCCCCCCCCC(=O)N(CCO)CCO.CCCCCCCCCCCCCCCCCC(N)=O.OCCNCCO. The third-order valence-electron chi connectivity index (χ3n) is 9.69. The van der Waals surface area contributed by atoms with Gasteiger partial charge in [0.2, 0.25) is 11.8 Å². The van der Waals surface area contributed by atoms with Crippen molar-refractivity contribution in [2.45, 2.75) is 219 Å². The maximum Gasteiger partial charge on any atom is 0.222 e. The molecular formula is C44H93N3O6. The number of nitrogens with one attached hydrogen (secondary N) is 1. The summed E-state index contributed by atoms with van der Waals surface area (Å²) in [4.78, 5) is 24.1. The van der Waals surface area contributed by atoms with Gasteiger partial charge in [-0.25, -0.2) is 0 Å². The Kier molecular flexibility index (Phi) is 55.9. The largest absolute Gasteiger partial charge is 0.395 e. The van der Waals surface area contributed by atoms with Gasteiger partial charge in [-0.1, -0.05) is 194 Å². The van der Waals surface area contributed by atoms with Crippen molar-refractivity contribution in [2.24, 2.45) is 5.73 Å². The van der Waals surface area contributed by atoms with E-state index in [0.29, 0.717) is 39.0 Å². The predicted molar refractivity (Wildman–Crippen MR) is 226 cm³/mol. The second kappa shape index (κ2) is 52.8. The second-order valence-electron chi connectivity index (χ2n) is 14.9. The van der Waals surface area contributed by atoms with Gasteiger partial charge in [0.05, 0.1) is 26.4 Å². The standard InChI is InChI=1S/C22H45NO3.C18H37NO.C4H11NO2/c1-2-3-4-5-6-7-8-9-10-11-12-13-14-15-16-17-22(26)23(18-20-24)19-21-25;1-2-3-4-5-6-7-8-9-10-11-12-13-14-15-16-17-18(19)20;6-3-1-5-2-4-7/h24-25H,2-21H2,1H3;2-17H2,1H3,(H2,19,20);5-7H,1-4H2. The number of nitrogens with two attached hydrogens (primary N) is 1. The molecule has 0 aliphatic carbocycles. The highest BCUT2D eigenvalue weighted by Gasteiger charge is 2.11. The van der Waals surface area contributed by atoms with E-state index < -0.39 is 0 Å². The Hall–Kier alpha value is -1.26. The maximum absolute atomic E-state index is 12.0. The van der Waals surface area contributed by atoms with Crippen molar-refractivity contribution in [2.75, 3.05) is 52.6 Å². The molecule has 0 fully saturated rings. The van der Waals surface area contributed by atoms with Crippen LogP contribution in [0.15, 0.2) is 0 Å². The molecule has 0 radical (unpaired) electrons. The summed E-state index contributed by atoms with van der Waals surface area (Å²) in [6.07, 6.45) is 41.2. The van der Waals surface area contributed by atoms with Crippen LogP contribution < -0.4 is 11.1 Å². The van der Waals surface area contributed by atoms with Gasteiger partial charge in [0.15, 0.2) is 0 Å². The molecule has 0 heterocycles. The van der Waals surface area contributed by atoms with E-state index in [0.717, 1.165) is 19.3 Å². The van der Waals surface area contributed by atoms with Crippen molar-refractivity contribution in [3.63, 3.8) is 0 Å². The zero-order valence-corrected chi connectivity index (χ0v) is 35.4. The van der Waals surface area contributed by atoms with Gasteiger partial charge in [0.1, 0.15) is 0 Å². The van der Waals surface area contributed by atoms with Crippen LogP contribution in [-0.2, 0) is 9.59 Å². The minimum atomic E-state index is -0.153. The van der Waals surface area contributed by atoms with Crippen molar-refractivity contribution in [1.82, 2.24) is 10.2 Å². The molecule has 9 heteroatoms. The maximum atomic E-state index is 12.0. The number of carbonyl (C=O) groups is 2. The minimum Gasteiger partial charge on any atom is -0.395 e. The molecule has 0 saturated heterocycles. The van der Waals surface area contributed by atoms with Crippen molar-refractivity contribution in [1.29, 1.82) is 0 Å². The lowest BCUT2D eigenvalue weighted by molar-refractivity contribution is -0.132. The quantitative estimate of drug-likeness (QED) is 0.0340. The third kappa shape index (κ3) is 55.2. The fourth-order valence-corrected chi connectivity index (χ4v) is 6.36. The lowest BCUT2D eigenvalue weighted by atomic mass is 10.0. The normalized spacial score (nSPS) is 10.8. The first-order valence-electron chi connectivity index (χ1n) is 22.6. The fraction of sp³-hybridized carbons (Fsp3) is 0.955. The molecule has 0 aromatic heterocycles. The van der Waals surface area contributed by atoms with Gasteiger partial charge < -0.3 is 36.4 Å². The summed E-state index contributed by atoms with van der Waals surface area (Å²) in [7, 11) is 0. The summed E-state index contributed by atoms with van der Waals surface area (Å²) in [5, 5.41) is 37.0. The number of hydrogen-bond acceptors (Lipinski definition) is 7. The smallest absolute Gasteiger partial charge is 0.222 e. The van der Waals surface area contributed by atoms with E-state index in [1.807, 2.05) is 0 Å². The molecular weight excluding hydrogens is 666 g/mol. The van der Waals surface area contributed by atoms with Crippen LogP contribution in [0.3, 0.4) is 0 Å². The number of unbranched alkanes of at least 4 members (excludes halogenated alkanes) is 28. The van der Waals surface area contributed by atoms with Crippen LogP contribution in [0.4, 0.5) is 0 Å². The molecule has 0 aromatic carbocycles. The Morgan fingerprint density at radius 1 is 0.415 bits per heavy atom. The first kappa shape index (κ1) is 56.1. The van der Waals surface area contributed by atoms with Crippen LogP contribution in [0, 0.1) is 0 Å². The molecule has 0 aromatic rings. The zero-order valence-electron chi connectivity index (χ0n) is 35.4. The average Bonchev–Trinajstić information content (AvgIpc) is 3.15. The van der Waals surface area contributed by atoms with Crippen LogP contribution in [0.25, 0.3) is 0 Å². The predicted octanol–water partition coefficient (Wildman–Crippen LogP) is 9.35. The number of hydrogen-bond donors (Lipinski definition) is 6. The molecule has 0 bridgehead atoms. The van der Waals surface area contributed by atoms with E-state index in [1.165, 1.54) is 173 Å². The zero-order chi connectivity index (χ0) is 39.7. The van der Waals surface area contributed by atoms with Crippen molar-refractivity contribution < 1.29 is 30.0 Å². The Bertz CT molecular complexity index is 676. The van der Waals surface area contributed by atoms with Gasteiger partial charge in [0, 0.05) is 39.0 Å². The van der Waals surface area contributed by atoms with E-state index >= 15 is 0 Å². The molecule has 2 amide bonds. The number of carbonyl (C=O) groups excluding carboxylic acids is 2. The molecule has 53 heavy (non-hydrogen) atoms.